The van der Waals surface area contributed by atoms with Crippen molar-refractivity contribution in [3.05, 3.63) is 48.0 Å². The molecule has 0 aliphatic carbocycles. The first-order chi connectivity index (χ1) is 14.7. The summed E-state index contributed by atoms with van der Waals surface area (Å²) in [5, 5.41) is 3.15. The molecule has 2 amide bonds. The number of thiazole rings is 1. The van der Waals surface area contributed by atoms with E-state index in [1.54, 1.807) is 24.1 Å². The van der Waals surface area contributed by atoms with Crippen molar-refractivity contribution in [3.8, 4) is 5.75 Å². The van der Waals surface area contributed by atoms with Crippen LogP contribution in [0.2, 0.25) is 0 Å². The van der Waals surface area contributed by atoms with Gasteiger partial charge in [-0.1, -0.05) is 29.5 Å². The quantitative estimate of drug-likeness (QED) is 0.608. The lowest BCUT2D eigenvalue weighted by Crippen LogP contribution is -2.28. The van der Waals surface area contributed by atoms with Gasteiger partial charge in [-0.2, -0.15) is 0 Å². The van der Waals surface area contributed by atoms with Crippen LogP contribution in [-0.2, 0) is 26.0 Å². The lowest BCUT2D eigenvalue weighted by Gasteiger charge is -2.18. The Morgan fingerprint density at radius 2 is 2.06 bits per heavy atom. The Morgan fingerprint density at radius 3 is 2.81 bits per heavy atom. The third-order valence-electron chi connectivity index (χ3n) is 5.16. The van der Waals surface area contributed by atoms with Gasteiger partial charge < -0.3 is 15.0 Å². The SMILES string of the molecule is COc1ccccc1CN1CC(C(=O)Nc2nc3ccc(S(C)(=O)=O)cc3s2)CC1=O. The molecule has 1 aliphatic heterocycles. The monoisotopic (exact) mass is 459 g/mol. The zero-order valence-electron chi connectivity index (χ0n) is 17.0. The number of benzene rings is 2. The number of anilines is 1. The van der Waals surface area contributed by atoms with Gasteiger partial charge in [0.25, 0.3) is 0 Å². The summed E-state index contributed by atoms with van der Waals surface area (Å²) in [5.74, 6) is -0.154. The molecule has 10 heteroatoms. The molecule has 0 radical (unpaired) electrons. The van der Waals surface area contributed by atoms with Gasteiger partial charge in [-0.15, -0.1) is 0 Å². The van der Waals surface area contributed by atoms with Crippen LogP contribution in [0.4, 0.5) is 5.13 Å². The van der Waals surface area contributed by atoms with E-state index in [1.807, 2.05) is 24.3 Å². The number of methoxy groups -OCH3 is 1. The average molecular weight is 460 g/mol. The van der Waals surface area contributed by atoms with E-state index in [0.717, 1.165) is 11.8 Å². The minimum Gasteiger partial charge on any atom is -0.496 e. The first-order valence-corrected chi connectivity index (χ1v) is 12.3. The van der Waals surface area contributed by atoms with Crippen molar-refractivity contribution >= 4 is 48.3 Å². The molecule has 162 valence electrons. The van der Waals surface area contributed by atoms with Crippen molar-refractivity contribution in [1.82, 2.24) is 9.88 Å². The summed E-state index contributed by atoms with van der Waals surface area (Å²) < 4.78 is 29.5. The number of nitrogens with one attached hydrogen (secondary N) is 1. The average Bonchev–Trinajstić information content (AvgIpc) is 3.30. The lowest BCUT2D eigenvalue weighted by atomic mass is 10.1. The highest BCUT2D eigenvalue weighted by Gasteiger charge is 2.35. The van der Waals surface area contributed by atoms with Crippen LogP contribution in [0.15, 0.2) is 47.4 Å². The maximum Gasteiger partial charge on any atom is 0.231 e. The summed E-state index contributed by atoms with van der Waals surface area (Å²) in [5.41, 5.74) is 1.49. The van der Waals surface area contributed by atoms with Crippen molar-refractivity contribution in [2.24, 2.45) is 5.92 Å². The van der Waals surface area contributed by atoms with Gasteiger partial charge >= 0.3 is 0 Å². The van der Waals surface area contributed by atoms with E-state index in [4.69, 9.17) is 4.74 Å². The zero-order valence-corrected chi connectivity index (χ0v) is 18.6. The number of nitrogens with zero attached hydrogens (tertiary/aromatic N) is 2. The number of likely N-dealkylation sites (tertiary alicyclic amines) is 1. The normalized spacial score (nSPS) is 16.6. The number of amides is 2. The molecule has 3 aromatic rings. The van der Waals surface area contributed by atoms with E-state index in [0.29, 0.717) is 34.2 Å². The fourth-order valence-electron chi connectivity index (χ4n) is 3.54. The first kappa shape index (κ1) is 21.3. The van der Waals surface area contributed by atoms with Crippen molar-refractivity contribution < 1.29 is 22.7 Å². The zero-order chi connectivity index (χ0) is 22.2. The Hall–Kier alpha value is -2.98. The molecule has 4 rings (SSSR count). The topological polar surface area (TPSA) is 106 Å². The second kappa shape index (κ2) is 8.27. The summed E-state index contributed by atoms with van der Waals surface area (Å²) >= 11 is 1.20. The highest BCUT2D eigenvalue weighted by molar-refractivity contribution is 7.90. The molecule has 1 N–H and O–H groups in total. The molecule has 2 aromatic carbocycles. The van der Waals surface area contributed by atoms with Crippen LogP contribution < -0.4 is 10.1 Å². The van der Waals surface area contributed by atoms with Crippen LogP contribution in [0, 0.1) is 5.92 Å². The second-order valence-corrected chi connectivity index (χ2v) is 10.4. The molecule has 1 fully saturated rings. The van der Waals surface area contributed by atoms with Crippen molar-refractivity contribution in [3.63, 3.8) is 0 Å². The van der Waals surface area contributed by atoms with Crippen LogP contribution in [0.5, 0.6) is 5.75 Å². The Kier molecular flexibility index (Phi) is 5.67. The van der Waals surface area contributed by atoms with Crippen LogP contribution in [0.1, 0.15) is 12.0 Å². The van der Waals surface area contributed by atoms with Crippen LogP contribution >= 0.6 is 11.3 Å². The number of ether oxygens (including phenoxy) is 1. The van der Waals surface area contributed by atoms with Crippen molar-refractivity contribution in [1.29, 1.82) is 0 Å². The highest BCUT2D eigenvalue weighted by Crippen LogP contribution is 2.30. The molecule has 1 aromatic heterocycles. The van der Waals surface area contributed by atoms with Crippen molar-refractivity contribution in [2.45, 2.75) is 17.9 Å². The maximum absolute atomic E-state index is 12.7. The summed E-state index contributed by atoms with van der Waals surface area (Å²) in [6, 6.07) is 12.1. The first-order valence-electron chi connectivity index (χ1n) is 9.56. The fraction of sp³-hybridized carbons (Fsp3) is 0.286. The van der Waals surface area contributed by atoms with Gasteiger partial charge in [-0.25, -0.2) is 13.4 Å². The van der Waals surface area contributed by atoms with Gasteiger partial charge in [-0.05, 0) is 24.3 Å². The molecule has 1 unspecified atom stereocenters. The summed E-state index contributed by atoms with van der Waals surface area (Å²) in [6.07, 6.45) is 1.27. The number of hydrogen-bond acceptors (Lipinski definition) is 7. The highest BCUT2D eigenvalue weighted by atomic mass is 32.2. The van der Waals surface area contributed by atoms with E-state index in [1.165, 1.54) is 17.4 Å². The van der Waals surface area contributed by atoms with Crippen molar-refractivity contribution in [2.75, 3.05) is 25.2 Å². The molecule has 0 saturated carbocycles. The van der Waals surface area contributed by atoms with E-state index in [-0.39, 0.29) is 23.1 Å². The number of hydrogen-bond donors (Lipinski definition) is 1. The Balaban J connectivity index is 1.45. The summed E-state index contributed by atoms with van der Waals surface area (Å²) in [6.45, 7) is 0.688. The molecule has 1 atom stereocenters. The lowest BCUT2D eigenvalue weighted by molar-refractivity contribution is -0.128. The smallest absolute Gasteiger partial charge is 0.231 e. The molecule has 8 nitrogen and oxygen atoms in total. The number of aromatic nitrogens is 1. The molecule has 1 saturated heterocycles. The minimum atomic E-state index is -3.32. The van der Waals surface area contributed by atoms with Gasteiger partial charge in [0, 0.05) is 31.3 Å². The number of para-hydroxylation sites is 1. The third-order valence-corrected chi connectivity index (χ3v) is 7.20. The summed E-state index contributed by atoms with van der Waals surface area (Å²) in [4.78, 5) is 31.4. The van der Waals surface area contributed by atoms with Crippen LogP contribution in [0.25, 0.3) is 10.2 Å². The van der Waals surface area contributed by atoms with Crippen LogP contribution in [-0.4, -0.2) is 50.0 Å². The third kappa shape index (κ3) is 4.54. The minimum absolute atomic E-state index is 0.0897. The summed E-state index contributed by atoms with van der Waals surface area (Å²) in [7, 11) is -1.74. The Labute approximate surface area is 183 Å². The van der Waals surface area contributed by atoms with E-state index in [9.17, 15) is 18.0 Å². The van der Waals surface area contributed by atoms with Gasteiger partial charge in [0.15, 0.2) is 15.0 Å². The standard InChI is InChI=1S/C21H21N3O5S2/c1-29-17-6-4-3-5-13(17)11-24-12-14(9-19(24)25)20(26)23-21-22-16-8-7-15(31(2,27)28)10-18(16)30-21/h3-8,10,14H,9,11-12H2,1-2H3,(H,22,23,26). The molecule has 31 heavy (non-hydrogen) atoms. The predicted octanol–water partition coefficient (Wildman–Crippen LogP) is 2.70. The second-order valence-electron chi connectivity index (χ2n) is 7.40. The number of fused-ring (bicyclic) bond motifs is 1. The molecule has 1 aliphatic rings. The van der Waals surface area contributed by atoms with E-state index < -0.39 is 15.8 Å². The Bertz CT molecular complexity index is 1270. The van der Waals surface area contributed by atoms with Crippen LogP contribution in [0.3, 0.4) is 0 Å². The number of carbonyl (C=O) groups excluding carboxylic acids is 2. The van der Waals surface area contributed by atoms with Gasteiger partial charge in [-0.3, -0.25) is 9.59 Å². The molecule has 2 heterocycles. The Morgan fingerprint density at radius 1 is 1.29 bits per heavy atom. The fourth-order valence-corrected chi connectivity index (χ4v) is 5.17. The largest absolute Gasteiger partial charge is 0.496 e. The molecule has 0 bridgehead atoms. The van der Waals surface area contributed by atoms with Gasteiger partial charge in [0.1, 0.15) is 5.75 Å². The van der Waals surface area contributed by atoms with Gasteiger partial charge in [0.2, 0.25) is 11.8 Å². The molecular weight excluding hydrogens is 438 g/mol. The number of rotatable bonds is 6. The maximum atomic E-state index is 12.7. The molecular formula is C21H21N3O5S2. The van der Waals surface area contributed by atoms with Gasteiger partial charge in [0.05, 0.1) is 28.1 Å². The predicted molar refractivity (Wildman–Crippen MR) is 118 cm³/mol. The number of sulfone groups is 1. The van der Waals surface area contributed by atoms with E-state index >= 15 is 0 Å². The molecule has 0 spiro atoms. The van der Waals surface area contributed by atoms with E-state index in [2.05, 4.69) is 10.3 Å². The number of carbonyl (C=O) groups is 2.